The fraction of sp³-hybridized carbons (Fsp3) is 0.692. The molecule has 1 aromatic rings. The van der Waals surface area contributed by atoms with Crippen molar-refractivity contribution in [2.75, 3.05) is 13.1 Å². The van der Waals surface area contributed by atoms with E-state index in [-0.39, 0.29) is 11.9 Å². The highest BCUT2D eigenvalue weighted by Crippen LogP contribution is 2.41. The van der Waals surface area contributed by atoms with Gasteiger partial charge in [-0.2, -0.15) is 5.10 Å². The van der Waals surface area contributed by atoms with E-state index in [1.54, 1.807) is 4.68 Å². The van der Waals surface area contributed by atoms with Crippen LogP contribution in [0.25, 0.3) is 0 Å². The number of nitrogens with two attached hydrogens (primary N) is 1. The van der Waals surface area contributed by atoms with Gasteiger partial charge in [0.25, 0.3) is 5.91 Å². The van der Waals surface area contributed by atoms with E-state index in [0.717, 1.165) is 12.5 Å². The van der Waals surface area contributed by atoms with Crippen LogP contribution in [0.5, 0.6) is 0 Å². The molecular weight excluding hydrogens is 264 g/mol. The van der Waals surface area contributed by atoms with Crippen LogP contribution in [0.4, 0.5) is 0 Å². The second kappa shape index (κ2) is 4.80. The molecular formula is C13H19ClN4O. The van der Waals surface area contributed by atoms with Gasteiger partial charge in [-0.3, -0.25) is 9.48 Å². The zero-order valence-corrected chi connectivity index (χ0v) is 11.8. The third-order valence-corrected chi connectivity index (χ3v) is 4.50. The average Bonchev–Trinajstić information content (AvgIpc) is 3.06. The van der Waals surface area contributed by atoms with E-state index in [1.165, 1.54) is 19.0 Å². The van der Waals surface area contributed by atoms with Gasteiger partial charge in [0, 0.05) is 25.7 Å². The highest BCUT2D eigenvalue weighted by molar-refractivity contribution is 6.33. The number of hydrogen-bond donors (Lipinski definition) is 1. The minimum atomic E-state index is -0.0389. The molecule has 1 saturated carbocycles. The van der Waals surface area contributed by atoms with E-state index in [4.69, 9.17) is 17.3 Å². The van der Waals surface area contributed by atoms with E-state index < -0.39 is 0 Å². The molecule has 2 atom stereocenters. The summed E-state index contributed by atoms with van der Waals surface area (Å²) in [4.78, 5) is 14.4. The van der Waals surface area contributed by atoms with E-state index >= 15 is 0 Å². The molecule has 2 heterocycles. The molecule has 6 heteroatoms. The van der Waals surface area contributed by atoms with Crippen LogP contribution in [0.3, 0.4) is 0 Å². The normalized spacial score (nSPS) is 27.0. The Labute approximate surface area is 117 Å². The highest BCUT2D eigenvalue weighted by Gasteiger charge is 2.42. The molecule has 1 amide bonds. The number of amides is 1. The zero-order valence-electron chi connectivity index (χ0n) is 11.1. The van der Waals surface area contributed by atoms with Gasteiger partial charge in [0.1, 0.15) is 5.69 Å². The quantitative estimate of drug-likeness (QED) is 0.911. The van der Waals surface area contributed by atoms with Gasteiger partial charge in [-0.25, -0.2) is 0 Å². The third kappa shape index (κ3) is 2.25. The Hall–Kier alpha value is -1.07. The standard InChI is InChI=1S/C13H19ClN4O/c1-2-18-12(10(14)5-16-18)13(19)17-6-9(8-3-4-8)11(15)7-17/h5,8-9,11H,2-4,6-7,15H2,1H3/t9-,11+/m1/s1. The minimum absolute atomic E-state index is 0.0389. The van der Waals surface area contributed by atoms with Crippen molar-refractivity contribution in [1.29, 1.82) is 0 Å². The van der Waals surface area contributed by atoms with Crippen LogP contribution in [0.1, 0.15) is 30.3 Å². The maximum atomic E-state index is 12.6. The lowest BCUT2D eigenvalue weighted by molar-refractivity contribution is 0.0772. The van der Waals surface area contributed by atoms with Crippen molar-refractivity contribution in [1.82, 2.24) is 14.7 Å². The smallest absolute Gasteiger partial charge is 0.273 e. The van der Waals surface area contributed by atoms with E-state index in [0.29, 0.717) is 29.7 Å². The first-order chi connectivity index (χ1) is 9.11. The summed E-state index contributed by atoms with van der Waals surface area (Å²) in [5, 5.41) is 4.54. The van der Waals surface area contributed by atoms with Crippen molar-refractivity contribution in [3.8, 4) is 0 Å². The van der Waals surface area contributed by atoms with Crippen molar-refractivity contribution < 1.29 is 4.79 Å². The van der Waals surface area contributed by atoms with Crippen LogP contribution in [0, 0.1) is 11.8 Å². The number of carbonyl (C=O) groups excluding carboxylic acids is 1. The lowest BCUT2D eigenvalue weighted by atomic mass is 9.99. The summed E-state index contributed by atoms with van der Waals surface area (Å²) < 4.78 is 1.65. The number of carbonyl (C=O) groups is 1. The summed E-state index contributed by atoms with van der Waals surface area (Å²) in [5.41, 5.74) is 6.65. The van der Waals surface area contributed by atoms with Gasteiger partial charge in [-0.05, 0) is 31.6 Å². The molecule has 2 aliphatic rings. The van der Waals surface area contributed by atoms with E-state index in [9.17, 15) is 4.79 Å². The molecule has 1 aliphatic carbocycles. The first kappa shape index (κ1) is 12.9. The third-order valence-electron chi connectivity index (χ3n) is 4.22. The number of aromatic nitrogens is 2. The summed E-state index contributed by atoms with van der Waals surface area (Å²) in [6, 6.07) is 0.105. The Balaban J connectivity index is 1.79. The summed E-state index contributed by atoms with van der Waals surface area (Å²) >= 11 is 6.08. The number of aryl methyl sites for hydroxylation is 1. The van der Waals surface area contributed by atoms with Crippen molar-refractivity contribution in [3.05, 3.63) is 16.9 Å². The molecule has 1 saturated heterocycles. The minimum Gasteiger partial charge on any atom is -0.335 e. The maximum absolute atomic E-state index is 12.6. The Bertz CT molecular complexity index is 497. The van der Waals surface area contributed by atoms with Crippen LogP contribution in [-0.2, 0) is 6.54 Å². The molecule has 1 aromatic heterocycles. The Morgan fingerprint density at radius 1 is 1.53 bits per heavy atom. The predicted molar refractivity (Wildman–Crippen MR) is 73.0 cm³/mol. The van der Waals surface area contributed by atoms with Gasteiger partial charge in [0.2, 0.25) is 0 Å². The van der Waals surface area contributed by atoms with Gasteiger partial charge >= 0.3 is 0 Å². The lowest BCUT2D eigenvalue weighted by Gasteiger charge is -2.17. The SMILES string of the molecule is CCn1ncc(Cl)c1C(=O)N1C[C@H](C2CC2)[C@@H](N)C1. The maximum Gasteiger partial charge on any atom is 0.273 e. The Kier molecular flexibility index (Phi) is 3.27. The number of hydrogen-bond acceptors (Lipinski definition) is 3. The molecule has 3 rings (SSSR count). The Morgan fingerprint density at radius 3 is 2.89 bits per heavy atom. The van der Waals surface area contributed by atoms with Gasteiger partial charge in [-0.1, -0.05) is 11.6 Å². The van der Waals surface area contributed by atoms with Crippen LogP contribution >= 0.6 is 11.6 Å². The summed E-state index contributed by atoms with van der Waals surface area (Å²) in [5.74, 6) is 1.14. The molecule has 0 bridgehead atoms. The number of rotatable bonds is 3. The first-order valence-electron chi connectivity index (χ1n) is 6.88. The fourth-order valence-electron chi connectivity index (χ4n) is 3.01. The van der Waals surface area contributed by atoms with E-state index in [2.05, 4.69) is 5.10 Å². The van der Waals surface area contributed by atoms with Crippen LogP contribution in [0.2, 0.25) is 5.02 Å². The monoisotopic (exact) mass is 282 g/mol. The molecule has 0 unspecified atom stereocenters. The van der Waals surface area contributed by atoms with Gasteiger partial charge in [0.05, 0.1) is 11.2 Å². The number of halogens is 1. The largest absolute Gasteiger partial charge is 0.335 e. The predicted octanol–water partition coefficient (Wildman–Crippen LogP) is 1.37. The van der Waals surface area contributed by atoms with Gasteiger partial charge in [-0.15, -0.1) is 0 Å². The van der Waals surface area contributed by atoms with Crippen LogP contribution < -0.4 is 5.73 Å². The summed E-state index contributed by atoms with van der Waals surface area (Å²) in [6.07, 6.45) is 4.05. The van der Waals surface area contributed by atoms with Gasteiger partial charge < -0.3 is 10.6 Å². The van der Waals surface area contributed by atoms with Crippen molar-refractivity contribution >= 4 is 17.5 Å². The van der Waals surface area contributed by atoms with Crippen LogP contribution in [0.15, 0.2) is 6.20 Å². The highest BCUT2D eigenvalue weighted by atomic mass is 35.5. The average molecular weight is 283 g/mol. The fourth-order valence-corrected chi connectivity index (χ4v) is 3.23. The molecule has 5 nitrogen and oxygen atoms in total. The second-order valence-electron chi connectivity index (χ2n) is 5.53. The molecule has 0 spiro atoms. The molecule has 2 N–H and O–H groups in total. The van der Waals surface area contributed by atoms with Crippen molar-refractivity contribution in [2.45, 2.75) is 32.4 Å². The topological polar surface area (TPSA) is 64.2 Å². The molecule has 2 fully saturated rings. The zero-order chi connectivity index (χ0) is 13.6. The molecule has 104 valence electrons. The van der Waals surface area contributed by atoms with Crippen LogP contribution in [-0.4, -0.2) is 39.7 Å². The first-order valence-corrected chi connectivity index (χ1v) is 7.25. The molecule has 1 aliphatic heterocycles. The van der Waals surface area contributed by atoms with Crippen molar-refractivity contribution in [3.63, 3.8) is 0 Å². The molecule has 0 radical (unpaired) electrons. The number of likely N-dealkylation sites (tertiary alicyclic amines) is 1. The molecule has 19 heavy (non-hydrogen) atoms. The lowest BCUT2D eigenvalue weighted by Crippen LogP contribution is -2.33. The second-order valence-corrected chi connectivity index (χ2v) is 5.94. The van der Waals surface area contributed by atoms with E-state index in [1.807, 2.05) is 11.8 Å². The summed E-state index contributed by atoms with van der Waals surface area (Å²) in [6.45, 7) is 3.98. The summed E-state index contributed by atoms with van der Waals surface area (Å²) in [7, 11) is 0. The molecule has 0 aromatic carbocycles. The Morgan fingerprint density at radius 2 is 2.26 bits per heavy atom. The van der Waals surface area contributed by atoms with Crippen molar-refractivity contribution in [2.24, 2.45) is 17.6 Å². The number of nitrogens with zero attached hydrogens (tertiary/aromatic N) is 3. The van der Waals surface area contributed by atoms with Gasteiger partial charge in [0.15, 0.2) is 0 Å².